The number of hydrogen-bond acceptors (Lipinski definition) is 13. The third-order valence-electron chi connectivity index (χ3n) is 8.64. The van der Waals surface area contributed by atoms with Crippen LogP contribution >= 0.6 is 34.8 Å². The maximum atomic E-state index is 13.1. The van der Waals surface area contributed by atoms with E-state index in [0.717, 1.165) is 5.56 Å². The molecule has 316 valence electrons. The van der Waals surface area contributed by atoms with Gasteiger partial charge < -0.3 is 26.0 Å². The van der Waals surface area contributed by atoms with Crippen LogP contribution in [-0.2, 0) is 19.7 Å². The Morgan fingerprint density at radius 1 is 0.746 bits per heavy atom. The summed E-state index contributed by atoms with van der Waals surface area (Å²) in [6.07, 6.45) is 1.39. The number of anilines is 6. The summed E-state index contributed by atoms with van der Waals surface area (Å²) in [6, 6.07) is 15.8. The number of benzene rings is 3. The van der Waals surface area contributed by atoms with Crippen LogP contribution in [0.2, 0.25) is 15.3 Å². The van der Waals surface area contributed by atoms with Gasteiger partial charge in [0.2, 0.25) is 11.2 Å². The molecule has 0 saturated carbocycles. The second kappa shape index (κ2) is 19.9. The summed E-state index contributed by atoms with van der Waals surface area (Å²) in [5.41, 5.74) is 2.28. The van der Waals surface area contributed by atoms with Gasteiger partial charge in [0.1, 0.15) is 15.8 Å². The highest BCUT2D eigenvalue weighted by atomic mass is 35.5. The van der Waals surface area contributed by atoms with Crippen LogP contribution in [-0.4, -0.2) is 66.3 Å². The number of ether oxygens (including phenoxy) is 1. The zero-order valence-electron chi connectivity index (χ0n) is 40.2. The highest BCUT2D eigenvalue weighted by Crippen LogP contribution is 2.38. The van der Waals surface area contributed by atoms with Crippen LogP contribution in [0.5, 0.6) is 5.75 Å². The monoisotopic (exact) mass is 909 g/mol. The van der Waals surface area contributed by atoms with Crippen LogP contribution in [0.3, 0.4) is 0 Å². The maximum absolute atomic E-state index is 13.1. The Kier molecular flexibility index (Phi) is 12.3. The molecule has 0 atom stereocenters. The van der Waals surface area contributed by atoms with Gasteiger partial charge in [0.25, 0.3) is 0 Å². The number of sulfone groups is 2. The SMILES string of the molecule is [2H]C(C)(C)S(=O)(=O)c1ccccc1Nc1nc(Cl)ncc1Cl.[2H]C1([2H])CC(c2cc(OC([2H])(C)C)c(Nc3ncc(Cl)c(Nc4ccccc4S(=O)(=O)C([2H])(C)C)n3)cc2C)CC([2H])([2H])N1. The van der Waals surface area contributed by atoms with E-state index < -0.39 is 55.1 Å². The van der Waals surface area contributed by atoms with Gasteiger partial charge in [-0.1, -0.05) is 47.5 Å². The number of hydrogen-bond donors (Lipinski definition) is 4. The predicted molar refractivity (Wildman–Crippen MR) is 238 cm³/mol. The topological polar surface area (TPSA) is 177 Å². The molecule has 0 aliphatic carbocycles. The first-order valence-corrected chi connectivity index (χ1v) is 22.1. The van der Waals surface area contributed by atoms with E-state index in [0.29, 0.717) is 11.3 Å². The predicted octanol–water partition coefficient (Wildman–Crippen LogP) is 10.1. The van der Waals surface area contributed by atoms with E-state index >= 15 is 0 Å². The molecule has 0 unspecified atom stereocenters. The van der Waals surface area contributed by atoms with Crippen molar-refractivity contribution in [2.75, 3.05) is 28.9 Å². The molecule has 13 nitrogen and oxygen atoms in total. The van der Waals surface area contributed by atoms with Gasteiger partial charge in [0.15, 0.2) is 31.3 Å². The molecule has 0 radical (unpaired) electrons. The number of piperidine rings is 1. The van der Waals surface area contributed by atoms with E-state index in [1.165, 1.54) is 52.2 Å². The minimum atomic E-state index is -4.04. The summed E-state index contributed by atoms with van der Waals surface area (Å²) in [5, 5.41) is 8.09. The zero-order valence-corrected chi connectivity index (χ0v) is 37.1. The summed E-state index contributed by atoms with van der Waals surface area (Å²) >= 11 is 18.1. The molecule has 5 aromatic rings. The van der Waals surface area contributed by atoms with Crippen LogP contribution in [0.1, 0.15) is 81.0 Å². The Balaban J connectivity index is 0.000000310. The maximum Gasteiger partial charge on any atom is 0.229 e. The molecule has 59 heavy (non-hydrogen) atoms. The molecule has 6 rings (SSSR count). The van der Waals surface area contributed by atoms with Crippen molar-refractivity contribution in [1.29, 1.82) is 0 Å². The fourth-order valence-electron chi connectivity index (χ4n) is 5.62. The van der Waals surface area contributed by atoms with E-state index in [1.54, 1.807) is 62.4 Å². The van der Waals surface area contributed by atoms with Crippen molar-refractivity contribution in [3.05, 3.63) is 99.5 Å². The van der Waals surface area contributed by atoms with E-state index in [4.69, 9.17) is 49.1 Å². The van der Waals surface area contributed by atoms with Crippen LogP contribution in [0.15, 0.2) is 82.8 Å². The molecule has 2 aromatic heterocycles. The molecule has 1 aliphatic rings. The fraction of sp³-hybridized carbons (Fsp3) is 0.366. The van der Waals surface area contributed by atoms with Gasteiger partial charge >= 0.3 is 0 Å². The standard InChI is InChI=1S/C28H36ClN5O3S.C13H13Cl2N3O2S/c1-17(2)37-25-15-21(20-10-12-30-13-11-20)19(5)14-24(25)33-28-31-16-22(29)27(34-28)32-23-8-6-7-9-26(23)38(35,36)18(3)4;1-8(2)21(19,20)11-6-4-3-5-10(11)17-12-9(14)7-16-13(15)18-12/h6-9,14-18,20,30H,10-13H2,1-5H3,(H2,31,32,33,34);3-8H,1-2H3,(H,16,17,18)/i12D2,13D2,17D,18D;8D. The Morgan fingerprint density at radius 2 is 1.25 bits per heavy atom. The van der Waals surface area contributed by atoms with Crippen molar-refractivity contribution >= 4 is 89.1 Å². The van der Waals surface area contributed by atoms with Crippen LogP contribution in [0.25, 0.3) is 0 Å². The molecule has 0 amide bonds. The number of para-hydroxylation sites is 2. The number of nitrogens with zero attached hydrogens (tertiary/aromatic N) is 4. The molecular weight excluding hydrogens is 855 g/mol. The Bertz CT molecular complexity index is 2820. The van der Waals surface area contributed by atoms with Crippen molar-refractivity contribution in [1.82, 2.24) is 25.3 Å². The number of rotatable bonds is 13. The minimum absolute atomic E-state index is 0.0131. The van der Waals surface area contributed by atoms with Crippen LogP contribution in [0, 0.1) is 6.92 Å². The summed E-state index contributed by atoms with van der Waals surface area (Å²) in [4.78, 5) is 16.2. The third kappa shape index (κ3) is 11.5. The first kappa shape index (κ1) is 36.6. The van der Waals surface area contributed by atoms with E-state index in [1.807, 2.05) is 6.92 Å². The number of aryl methyl sites for hydroxylation is 1. The molecule has 18 heteroatoms. The number of nitrogens with one attached hydrogen (secondary N) is 4. The summed E-state index contributed by atoms with van der Waals surface area (Å²) in [6.45, 7) is 6.32. The van der Waals surface area contributed by atoms with Crippen molar-refractivity contribution in [2.45, 2.75) is 93.5 Å². The van der Waals surface area contributed by atoms with Crippen LogP contribution in [0.4, 0.5) is 34.6 Å². The lowest BCUT2D eigenvalue weighted by molar-refractivity contribution is 0.243. The van der Waals surface area contributed by atoms with E-state index in [-0.39, 0.29) is 72.7 Å². The minimum Gasteiger partial charge on any atom is -0.489 e. The van der Waals surface area contributed by atoms with Crippen LogP contribution < -0.4 is 26.0 Å². The lowest BCUT2D eigenvalue weighted by Crippen LogP contribution is -2.27. The first-order valence-electron chi connectivity index (χ1n) is 21.5. The van der Waals surface area contributed by atoms with E-state index in [9.17, 15) is 16.8 Å². The van der Waals surface area contributed by atoms with Crippen molar-refractivity contribution in [3.63, 3.8) is 0 Å². The molecule has 4 N–H and O–H groups in total. The third-order valence-corrected chi connectivity index (χ3v) is 13.4. The fourth-order valence-corrected chi connectivity index (χ4v) is 8.24. The molecule has 1 aliphatic heterocycles. The average molecular weight is 911 g/mol. The van der Waals surface area contributed by atoms with Gasteiger partial charge in [-0.25, -0.2) is 26.8 Å². The summed E-state index contributed by atoms with van der Waals surface area (Å²) in [7, 11) is -7.90. The number of halogens is 3. The van der Waals surface area contributed by atoms with Gasteiger partial charge in [-0.2, -0.15) is 9.97 Å². The van der Waals surface area contributed by atoms with Crippen molar-refractivity contribution in [3.8, 4) is 5.75 Å². The van der Waals surface area contributed by atoms with Crippen molar-refractivity contribution in [2.24, 2.45) is 0 Å². The molecule has 0 bridgehead atoms. The molecule has 3 heterocycles. The van der Waals surface area contributed by atoms with Gasteiger partial charge in [0, 0.05) is 8.22 Å². The smallest absolute Gasteiger partial charge is 0.229 e. The van der Waals surface area contributed by atoms with Gasteiger partial charge in [-0.15, -0.1) is 0 Å². The van der Waals surface area contributed by atoms with Gasteiger partial charge in [0.05, 0.1) is 57.1 Å². The molecule has 1 fully saturated rings. The second-order valence-electron chi connectivity index (χ2n) is 13.7. The largest absolute Gasteiger partial charge is 0.489 e. The van der Waals surface area contributed by atoms with E-state index in [2.05, 4.69) is 41.2 Å². The molecule has 0 spiro atoms. The normalized spacial score (nSPS) is 17.6. The molecule has 3 aromatic carbocycles. The Morgan fingerprint density at radius 3 is 1.78 bits per heavy atom. The van der Waals surface area contributed by atoms with Gasteiger partial charge in [-0.3, -0.25) is 0 Å². The highest BCUT2D eigenvalue weighted by Gasteiger charge is 2.25. The molecule has 1 saturated heterocycles. The first-order chi connectivity index (χ1) is 30.2. The van der Waals surface area contributed by atoms with Gasteiger partial charge in [-0.05, 0) is 139 Å². The average Bonchev–Trinajstić information content (AvgIpc) is 3.16. The number of aromatic nitrogens is 4. The Hall–Kier alpha value is -4.25. The lowest BCUT2D eigenvalue weighted by atomic mass is 9.87. The lowest BCUT2D eigenvalue weighted by Gasteiger charge is -2.26. The van der Waals surface area contributed by atoms with Crippen molar-refractivity contribution < 1.29 is 31.2 Å². The Labute approximate surface area is 371 Å². The summed E-state index contributed by atoms with van der Waals surface area (Å²) in [5.74, 6) is 0.163. The summed E-state index contributed by atoms with van der Waals surface area (Å²) < 4.78 is 114. The highest BCUT2D eigenvalue weighted by molar-refractivity contribution is 7.92. The quantitative estimate of drug-likeness (QED) is 0.0822. The second-order valence-corrected chi connectivity index (χ2v) is 19.4. The zero-order chi connectivity index (χ0) is 49.4. The molecular formula is C41H49Cl3N8O5S2.